The lowest BCUT2D eigenvalue weighted by atomic mass is 10.2. The highest BCUT2D eigenvalue weighted by Crippen LogP contribution is 2.22. The van der Waals surface area contributed by atoms with Gasteiger partial charge in [0.05, 0.1) is 5.69 Å². The molecule has 1 atom stereocenters. The lowest BCUT2D eigenvalue weighted by Crippen LogP contribution is -2.45. The fraction of sp³-hybridized carbons (Fsp3) is 0.444. The molecule has 1 aliphatic rings. The van der Waals surface area contributed by atoms with E-state index in [9.17, 15) is 9.59 Å². The average Bonchev–Trinajstić information content (AvgIpc) is 3.26. The van der Waals surface area contributed by atoms with E-state index >= 15 is 0 Å². The first-order chi connectivity index (χ1) is 12.3. The SMILES string of the molecule is CC(C)(C)OC(=O)N1CCCC1C(=O)Nc1ccc(-n2cncn2)cc1. The number of likely N-dealkylation sites (tertiary alicyclic amines) is 1. The first-order valence-corrected chi connectivity index (χ1v) is 8.59. The normalized spacial score (nSPS) is 17.2. The van der Waals surface area contributed by atoms with E-state index in [1.165, 1.54) is 11.2 Å². The van der Waals surface area contributed by atoms with Gasteiger partial charge in [-0.25, -0.2) is 14.5 Å². The van der Waals surface area contributed by atoms with Crippen molar-refractivity contribution in [2.24, 2.45) is 0 Å². The summed E-state index contributed by atoms with van der Waals surface area (Å²) in [5.41, 5.74) is 0.921. The predicted molar refractivity (Wildman–Crippen MR) is 96.0 cm³/mol. The quantitative estimate of drug-likeness (QED) is 0.912. The Kier molecular flexibility index (Phi) is 4.92. The third-order valence-electron chi connectivity index (χ3n) is 4.00. The van der Waals surface area contributed by atoms with Crippen molar-refractivity contribution in [1.29, 1.82) is 0 Å². The van der Waals surface area contributed by atoms with Gasteiger partial charge in [0.25, 0.3) is 0 Å². The average molecular weight is 357 g/mol. The minimum absolute atomic E-state index is 0.207. The van der Waals surface area contributed by atoms with E-state index in [0.29, 0.717) is 18.7 Å². The molecule has 0 bridgehead atoms. The molecule has 8 nitrogen and oxygen atoms in total. The van der Waals surface area contributed by atoms with E-state index in [0.717, 1.165) is 12.1 Å². The minimum Gasteiger partial charge on any atom is -0.444 e. The second kappa shape index (κ2) is 7.15. The Bertz CT molecular complexity index is 765. The van der Waals surface area contributed by atoms with Crippen molar-refractivity contribution in [1.82, 2.24) is 19.7 Å². The van der Waals surface area contributed by atoms with Crippen LogP contribution in [-0.2, 0) is 9.53 Å². The molecule has 0 spiro atoms. The minimum atomic E-state index is -0.585. The number of ether oxygens (including phenoxy) is 1. The number of hydrogen-bond acceptors (Lipinski definition) is 5. The lowest BCUT2D eigenvalue weighted by Gasteiger charge is -2.28. The Balaban J connectivity index is 1.64. The highest BCUT2D eigenvalue weighted by molar-refractivity contribution is 5.96. The fourth-order valence-electron chi connectivity index (χ4n) is 2.84. The number of hydrogen-bond donors (Lipinski definition) is 1. The number of amides is 2. The van der Waals surface area contributed by atoms with Gasteiger partial charge < -0.3 is 10.1 Å². The highest BCUT2D eigenvalue weighted by atomic mass is 16.6. The highest BCUT2D eigenvalue weighted by Gasteiger charge is 2.36. The van der Waals surface area contributed by atoms with E-state index in [2.05, 4.69) is 15.4 Å². The van der Waals surface area contributed by atoms with E-state index in [4.69, 9.17) is 4.74 Å². The third kappa shape index (κ3) is 4.19. The Morgan fingerprint density at radius 3 is 2.58 bits per heavy atom. The van der Waals surface area contributed by atoms with Crippen LogP contribution in [0.1, 0.15) is 33.6 Å². The number of benzene rings is 1. The number of anilines is 1. The molecular formula is C18H23N5O3. The van der Waals surface area contributed by atoms with Crippen LogP contribution in [0.15, 0.2) is 36.9 Å². The molecule has 26 heavy (non-hydrogen) atoms. The standard InChI is InChI=1S/C18H23N5O3/c1-18(2,3)26-17(25)22-10-4-5-15(22)16(24)21-13-6-8-14(9-7-13)23-12-19-11-20-23/h6-9,11-12,15H,4-5,10H2,1-3H3,(H,21,24). The molecule has 3 rings (SSSR count). The van der Waals surface area contributed by atoms with Gasteiger partial charge in [0.15, 0.2) is 0 Å². The van der Waals surface area contributed by atoms with Crippen LogP contribution in [0.3, 0.4) is 0 Å². The fourth-order valence-corrected chi connectivity index (χ4v) is 2.84. The smallest absolute Gasteiger partial charge is 0.410 e. The molecule has 138 valence electrons. The van der Waals surface area contributed by atoms with Gasteiger partial charge in [0.2, 0.25) is 5.91 Å². The van der Waals surface area contributed by atoms with Crippen molar-refractivity contribution < 1.29 is 14.3 Å². The van der Waals surface area contributed by atoms with Gasteiger partial charge in [0.1, 0.15) is 24.3 Å². The van der Waals surface area contributed by atoms with Crippen molar-refractivity contribution in [3.05, 3.63) is 36.9 Å². The summed E-state index contributed by atoms with van der Waals surface area (Å²) in [6.45, 7) is 5.96. The van der Waals surface area contributed by atoms with Crippen LogP contribution in [0.4, 0.5) is 10.5 Å². The number of nitrogens with one attached hydrogen (secondary N) is 1. The first-order valence-electron chi connectivity index (χ1n) is 8.59. The summed E-state index contributed by atoms with van der Waals surface area (Å²) in [5, 5.41) is 6.93. The molecule has 1 N–H and O–H groups in total. The summed E-state index contributed by atoms with van der Waals surface area (Å²) in [6, 6.07) is 6.75. The molecular weight excluding hydrogens is 334 g/mol. The van der Waals surface area contributed by atoms with Crippen LogP contribution in [0.2, 0.25) is 0 Å². The molecule has 1 aliphatic heterocycles. The third-order valence-corrected chi connectivity index (χ3v) is 4.00. The number of aromatic nitrogens is 3. The molecule has 8 heteroatoms. The van der Waals surface area contributed by atoms with Crippen LogP contribution in [0, 0.1) is 0 Å². The molecule has 2 amide bonds. The van der Waals surface area contributed by atoms with E-state index in [-0.39, 0.29) is 5.91 Å². The first kappa shape index (κ1) is 17.9. The molecule has 2 aromatic rings. The zero-order valence-corrected chi connectivity index (χ0v) is 15.2. The van der Waals surface area contributed by atoms with Crippen LogP contribution < -0.4 is 5.32 Å². The van der Waals surface area contributed by atoms with Gasteiger partial charge in [-0.05, 0) is 57.9 Å². The molecule has 0 radical (unpaired) electrons. The maximum absolute atomic E-state index is 12.6. The van der Waals surface area contributed by atoms with Crippen molar-refractivity contribution >= 4 is 17.7 Å². The topological polar surface area (TPSA) is 89.4 Å². The Morgan fingerprint density at radius 2 is 1.96 bits per heavy atom. The summed E-state index contributed by atoms with van der Waals surface area (Å²) in [7, 11) is 0. The molecule has 0 aliphatic carbocycles. The molecule has 2 heterocycles. The second-order valence-electron chi connectivity index (χ2n) is 7.21. The zero-order chi connectivity index (χ0) is 18.7. The number of nitrogens with zero attached hydrogens (tertiary/aromatic N) is 4. The van der Waals surface area contributed by atoms with Gasteiger partial charge in [-0.3, -0.25) is 9.69 Å². The second-order valence-corrected chi connectivity index (χ2v) is 7.21. The van der Waals surface area contributed by atoms with Gasteiger partial charge in [-0.1, -0.05) is 0 Å². The molecule has 0 saturated carbocycles. The van der Waals surface area contributed by atoms with Crippen molar-refractivity contribution in [3.8, 4) is 5.69 Å². The largest absolute Gasteiger partial charge is 0.444 e. The maximum Gasteiger partial charge on any atom is 0.410 e. The van der Waals surface area contributed by atoms with Gasteiger partial charge >= 0.3 is 6.09 Å². The van der Waals surface area contributed by atoms with E-state index < -0.39 is 17.7 Å². The van der Waals surface area contributed by atoms with E-state index in [1.807, 2.05) is 32.9 Å². The van der Waals surface area contributed by atoms with E-state index in [1.54, 1.807) is 23.1 Å². The van der Waals surface area contributed by atoms with Crippen molar-refractivity contribution in [3.63, 3.8) is 0 Å². The summed E-state index contributed by atoms with van der Waals surface area (Å²) in [5.74, 6) is -0.207. The summed E-state index contributed by atoms with van der Waals surface area (Å²) >= 11 is 0. The van der Waals surface area contributed by atoms with Crippen molar-refractivity contribution in [2.75, 3.05) is 11.9 Å². The molecule has 1 fully saturated rings. The van der Waals surface area contributed by atoms with Crippen LogP contribution in [-0.4, -0.2) is 49.9 Å². The predicted octanol–water partition coefficient (Wildman–Crippen LogP) is 2.61. The van der Waals surface area contributed by atoms with Crippen LogP contribution >= 0.6 is 0 Å². The summed E-state index contributed by atoms with van der Waals surface area (Å²) < 4.78 is 7.03. The Morgan fingerprint density at radius 1 is 1.23 bits per heavy atom. The molecule has 1 saturated heterocycles. The molecule has 1 aromatic heterocycles. The molecule has 1 aromatic carbocycles. The van der Waals surface area contributed by atoms with Gasteiger partial charge in [0, 0.05) is 12.2 Å². The monoisotopic (exact) mass is 357 g/mol. The Labute approximate surface area is 152 Å². The van der Waals surface area contributed by atoms with Crippen LogP contribution in [0.5, 0.6) is 0 Å². The van der Waals surface area contributed by atoms with Crippen LogP contribution in [0.25, 0.3) is 5.69 Å². The van der Waals surface area contributed by atoms with Gasteiger partial charge in [-0.15, -0.1) is 0 Å². The number of carbonyl (C=O) groups is 2. The Hall–Kier alpha value is -2.90. The number of rotatable bonds is 3. The van der Waals surface area contributed by atoms with Gasteiger partial charge in [-0.2, -0.15) is 5.10 Å². The zero-order valence-electron chi connectivity index (χ0n) is 15.2. The molecule has 1 unspecified atom stereocenters. The summed E-state index contributed by atoms with van der Waals surface area (Å²) in [4.78, 5) is 30.3. The van der Waals surface area contributed by atoms with Crippen molar-refractivity contribution in [2.45, 2.75) is 45.3 Å². The lowest BCUT2D eigenvalue weighted by molar-refractivity contribution is -0.120. The maximum atomic E-state index is 12.6. The number of carbonyl (C=O) groups excluding carboxylic acids is 2. The summed E-state index contributed by atoms with van der Waals surface area (Å²) in [6.07, 6.45) is 4.02.